The second-order valence-corrected chi connectivity index (χ2v) is 7.78. The Bertz CT molecular complexity index is 877. The molecular formula is C19H20N2O3S2. The van der Waals surface area contributed by atoms with Gasteiger partial charge in [-0.3, -0.25) is 0 Å². The Balaban J connectivity index is 1.54. The number of aryl methyl sites for hydroxylation is 1. The van der Waals surface area contributed by atoms with E-state index in [0.29, 0.717) is 6.54 Å². The van der Waals surface area contributed by atoms with Gasteiger partial charge < -0.3 is 19.5 Å². The summed E-state index contributed by atoms with van der Waals surface area (Å²) in [4.78, 5) is 4.69. The molecule has 0 unspecified atom stereocenters. The fourth-order valence-electron chi connectivity index (χ4n) is 2.95. The summed E-state index contributed by atoms with van der Waals surface area (Å²) >= 11 is 3.42. The molecule has 0 amide bonds. The predicted octanol–water partition coefficient (Wildman–Crippen LogP) is 4.32. The van der Waals surface area contributed by atoms with Crippen LogP contribution in [0.15, 0.2) is 34.3 Å². The molecule has 0 radical (unpaired) electrons. The molecule has 0 fully saturated rings. The monoisotopic (exact) mass is 388 g/mol. The van der Waals surface area contributed by atoms with Crippen LogP contribution < -0.4 is 19.5 Å². The Labute approximate surface area is 160 Å². The van der Waals surface area contributed by atoms with Crippen molar-refractivity contribution in [2.24, 2.45) is 0 Å². The van der Waals surface area contributed by atoms with Crippen molar-refractivity contribution in [2.45, 2.75) is 25.9 Å². The molecule has 26 heavy (non-hydrogen) atoms. The quantitative estimate of drug-likeness (QED) is 0.653. The van der Waals surface area contributed by atoms with Crippen molar-refractivity contribution in [1.29, 1.82) is 0 Å². The minimum atomic E-state index is 0.151. The highest BCUT2D eigenvalue weighted by molar-refractivity contribution is 7.09. The number of hydrogen-bond acceptors (Lipinski definition) is 7. The minimum Gasteiger partial charge on any atom is -0.496 e. The van der Waals surface area contributed by atoms with E-state index in [1.54, 1.807) is 29.8 Å². The molecule has 0 spiro atoms. The van der Waals surface area contributed by atoms with Gasteiger partial charge in [0, 0.05) is 29.2 Å². The van der Waals surface area contributed by atoms with Gasteiger partial charge in [0.2, 0.25) is 6.79 Å². The Kier molecular flexibility index (Phi) is 5.10. The van der Waals surface area contributed by atoms with Crippen molar-refractivity contribution < 1.29 is 14.2 Å². The third kappa shape index (κ3) is 3.70. The Morgan fingerprint density at radius 2 is 2.12 bits per heavy atom. The highest BCUT2D eigenvalue weighted by atomic mass is 32.1. The first kappa shape index (κ1) is 17.3. The van der Waals surface area contributed by atoms with Crippen molar-refractivity contribution in [1.82, 2.24) is 10.3 Å². The predicted molar refractivity (Wildman–Crippen MR) is 104 cm³/mol. The lowest BCUT2D eigenvalue weighted by Gasteiger charge is -2.18. The van der Waals surface area contributed by atoms with Crippen molar-refractivity contribution in [3.8, 4) is 17.2 Å². The number of nitrogens with zero attached hydrogens (tertiary/aromatic N) is 1. The van der Waals surface area contributed by atoms with E-state index in [0.717, 1.165) is 39.9 Å². The SMILES string of the molecule is COc1cc2c(cc1CN[C@H](Cc1ccsc1)c1nc(C)cs1)OCO2. The number of rotatable bonds is 7. The summed E-state index contributed by atoms with van der Waals surface area (Å²) in [6, 6.07) is 6.20. The van der Waals surface area contributed by atoms with Gasteiger partial charge in [-0.2, -0.15) is 11.3 Å². The average Bonchev–Trinajstić information content (AvgIpc) is 3.39. The van der Waals surface area contributed by atoms with Crippen molar-refractivity contribution in [3.63, 3.8) is 0 Å². The molecule has 0 bridgehead atoms. The van der Waals surface area contributed by atoms with E-state index in [2.05, 4.69) is 32.5 Å². The summed E-state index contributed by atoms with van der Waals surface area (Å²) in [6.07, 6.45) is 0.906. The molecule has 1 atom stereocenters. The summed E-state index contributed by atoms with van der Waals surface area (Å²) in [5.41, 5.74) is 3.42. The zero-order chi connectivity index (χ0) is 17.9. The van der Waals surface area contributed by atoms with Crippen LogP contribution in [0.25, 0.3) is 0 Å². The number of hydrogen-bond donors (Lipinski definition) is 1. The summed E-state index contributed by atoms with van der Waals surface area (Å²) in [6.45, 7) is 2.95. The number of nitrogens with one attached hydrogen (secondary N) is 1. The lowest BCUT2D eigenvalue weighted by molar-refractivity contribution is 0.174. The summed E-state index contributed by atoms with van der Waals surface area (Å²) in [5.74, 6) is 2.30. The maximum atomic E-state index is 5.53. The molecule has 1 N–H and O–H groups in total. The molecule has 3 heterocycles. The molecule has 1 aliphatic rings. The van der Waals surface area contributed by atoms with Crippen LogP contribution in [0, 0.1) is 6.92 Å². The molecule has 5 nitrogen and oxygen atoms in total. The Morgan fingerprint density at radius 3 is 2.81 bits per heavy atom. The van der Waals surface area contributed by atoms with Crippen LogP contribution in [0.5, 0.6) is 17.2 Å². The number of ether oxygens (including phenoxy) is 3. The second kappa shape index (κ2) is 7.65. The molecule has 7 heteroatoms. The molecule has 0 saturated carbocycles. The smallest absolute Gasteiger partial charge is 0.231 e. The Morgan fingerprint density at radius 1 is 1.27 bits per heavy atom. The molecule has 3 aromatic rings. The van der Waals surface area contributed by atoms with Crippen LogP contribution >= 0.6 is 22.7 Å². The molecule has 4 rings (SSSR count). The van der Waals surface area contributed by atoms with Crippen molar-refractivity contribution >= 4 is 22.7 Å². The third-order valence-electron chi connectivity index (χ3n) is 4.27. The maximum Gasteiger partial charge on any atom is 0.231 e. The summed E-state index contributed by atoms with van der Waals surface area (Å²) in [5, 5.41) is 11.1. The van der Waals surface area contributed by atoms with E-state index in [1.165, 1.54) is 5.56 Å². The van der Waals surface area contributed by atoms with E-state index >= 15 is 0 Å². The average molecular weight is 389 g/mol. The van der Waals surface area contributed by atoms with Gasteiger partial charge in [-0.25, -0.2) is 4.98 Å². The topological polar surface area (TPSA) is 52.6 Å². The lowest BCUT2D eigenvalue weighted by Crippen LogP contribution is -2.23. The van der Waals surface area contributed by atoms with E-state index in [4.69, 9.17) is 14.2 Å². The van der Waals surface area contributed by atoms with Crippen LogP contribution in [-0.2, 0) is 13.0 Å². The number of fused-ring (bicyclic) bond motifs is 1. The normalized spacial score (nSPS) is 13.8. The number of thiophene rings is 1. The van der Waals surface area contributed by atoms with Gasteiger partial charge in [0.15, 0.2) is 11.5 Å². The standard InChI is InChI=1S/C19H20N2O3S2/c1-12-9-26-19(21-12)15(5-13-3-4-25-10-13)20-8-14-6-17-18(24-11-23-17)7-16(14)22-2/h3-4,6-7,9-10,15,20H,5,8,11H2,1-2H3/t15-/m1/s1. The number of methoxy groups -OCH3 is 1. The highest BCUT2D eigenvalue weighted by Gasteiger charge is 2.20. The number of aromatic nitrogens is 1. The molecular weight excluding hydrogens is 368 g/mol. The van der Waals surface area contributed by atoms with E-state index in [1.807, 2.05) is 19.1 Å². The van der Waals surface area contributed by atoms with Crippen LogP contribution in [0.3, 0.4) is 0 Å². The van der Waals surface area contributed by atoms with Gasteiger partial charge in [-0.1, -0.05) is 0 Å². The van der Waals surface area contributed by atoms with Gasteiger partial charge >= 0.3 is 0 Å². The van der Waals surface area contributed by atoms with Crippen LogP contribution in [0.2, 0.25) is 0 Å². The summed E-state index contributed by atoms with van der Waals surface area (Å²) < 4.78 is 16.5. The van der Waals surface area contributed by atoms with E-state index in [9.17, 15) is 0 Å². The lowest BCUT2D eigenvalue weighted by atomic mass is 10.1. The first-order valence-electron chi connectivity index (χ1n) is 8.36. The van der Waals surface area contributed by atoms with Gasteiger partial charge in [0.05, 0.1) is 13.2 Å². The largest absolute Gasteiger partial charge is 0.496 e. The van der Waals surface area contributed by atoms with Gasteiger partial charge in [-0.05, 0) is 41.8 Å². The third-order valence-corrected chi connectivity index (χ3v) is 6.08. The van der Waals surface area contributed by atoms with E-state index < -0.39 is 0 Å². The van der Waals surface area contributed by atoms with Gasteiger partial charge in [0.25, 0.3) is 0 Å². The van der Waals surface area contributed by atoms with Crippen LogP contribution in [0.4, 0.5) is 0 Å². The first-order valence-corrected chi connectivity index (χ1v) is 10.2. The molecule has 136 valence electrons. The molecule has 2 aromatic heterocycles. The summed E-state index contributed by atoms with van der Waals surface area (Å²) in [7, 11) is 1.67. The fourth-order valence-corrected chi connectivity index (χ4v) is 4.50. The molecule has 1 aromatic carbocycles. The highest BCUT2D eigenvalue weighted by Crippen LogP contribution is 2.38. The van der Waals surface area contributed by atoms with Crippen LogP contribution in [0.1, 0.15) is 27.9 Å². The maximum absolute atomic E-state index is 5.53. The zero-order valence-electron chi connectivity index (χ0n) is 14.7. The number of thiazole rings is 1. The van der Waals surface area contributed by atoms with Crippen molar-refractivity contribution in [3.05, 3.63) is 56.2 Å². The van der Waals surface area contributed by atoms with Crippen LogP contribution in [-0.4, -0.2) is 18.9 Å². The zero-order valence-corrected chi connectivity index (χ0v) is 16.3. The van der Waals surface area contributed by atoms with E-state index in [-0.39, 0.29) is 12.8 Å². The second-order valence-electron chi connectivity index (χ2n) is 6.11. The fraction of sp³-hybridized carbons (Fsp3) is 0.316. The molecule has 0 aliphatic carbocycles. The molecule has 1 aliphatic heterocycles. The van der Waals surface area contributed by atoms with Gasteiger partial charge in [0.1, 0.15) is 10.8 Å². The molecule has 0 saturated heterocycles. The van der Waals surface area contributed by atoms with Crippen molar-refractivity contribution in [2.75, 3.05) is 13.9 Å². The number of benzene rings is 1. The van der Waals surface area contributed by atoms with Gasteiger partial charge in [-0.15, -0.1) is 11.3 Å². The first-order chi connectivity index (χ1) is 12.7. The minimum absolute atomic E-state index is 0.151. The Hall–Kier alpha value is -2.09.